The molecule has 1 aromatic carbocycles. The first-order chi connectivity index (χ1) is 14.7. The van der Waals surface area contributed by atoms with Gasteiger partial charge in [0.15, 0.2) is 0 Å². The van der Waals surface area contributed by atoms with E-state index in [2.05, 4.69) is 11.8 Å². The van der Waals surface area contributed by atoms with Crippen LogP contribution in [0, 0.1) is 5.92 Å². The largest absolute Gasteiger partial charge is 0.392 e. The van der Waals surface area contributed by atoms with Crippen molar-refractivity contribution >= 4 is 41.1 Å². The van der Waals surface area contributed by atoms with Crippen LogP contribution in [0.3, 0.4) is 0 Å². The van der Waals surface area contributed by atoms with E-state index in [1.165, 1.54) is 6.08 Å². The van der Waals surface area contributed by atoms with Crippen LogP contribution in [0.2, 0.25) is 10.0 Å². The third-order valence-corrected chi connectivity index (χ3v) is 6.75. The smallest absolute Gasteiger partial charge is 0.247 e. The summed E-state index contributed by atoms with van der Waals surface area (Å²) in [5, 5.41) is 10.8. The molecular weight excluding hydrogens is 437 g/mol. The molecule has 6 nitrogen and oxygen atoms in total. The molecule has 3 atom stereocenters. The number of piperazine rings is 1. The van der Waals surface area contributed by atoms with Crippen LogP contribution < -0.4 is 0 Å². The highest BCUT2D eigenvalue weighted by atomic mass is 35.5. The molecule has 2 aliphatic rings. The Bertz CT molecular complexity index is 822. The zero-order chi connectivity index (χ0) is 22.5. The molecule has 1 unspecified atom stereocenters. The molecule has 2 heterocycles. The number of rotatable bonds is 6. The summed E-state index contributed by atoms with van der Waals surface area (Å²) >= 11 is 11.9. The fourth-order valence-corrected chi connectivity index (χ4v) is 4.73. The SMILES string of the molecule is CC1C(=O)N(CCCN2C[C@@H](C)C[C@H](O)C2)CCN1C(=O)C=Cc1ccc(Cl)c(Cl)c1. The lowest BCUT2D eigenvalue weighted by molar-refractivity contribution is -0.148. The Balaban J connectivity index is 1.48. The molecule has 170 valence electrons. The van der Waals surface area contributed by atoms with E-state index >= 15 is 0 Å². The monoisotopic (exact) mass is 467 g/mol. The lowest BCUT2D eigenvalue weighted by Gasteiger charge is -2.39. The van der Waals surface area contributed by atoms with Gasteiger partial charge in [0.25, 0.3) is 0 Å². The molecule has 2 fully saturated rings. The number of hydrogen-bond acceptors (Lipinski definition) is 4. The number of aliphatic hydroxyl groups excluding tert-OH is 1. The van der Waals surface area contributed by atoms with Crippen molar-refractivity contribution in [1.82, 2.24) is 14.7 Å². The summed E-state index contributed by atoms with van der Waals surface area (Å²) in [6.07, 6.45) is 4.63. The number of nitrogens with zero attached hydrogens (tertiary/aromatic N) is 3. The average Bonchev–Trinajstić information content (AvgIpc) is 2.71. The van der Waals surface area contributed by atoms with E-state index in [1.807, 2.05) is 4.90 Å². The molecule has 8 heteroatoms. The van der Waals surface area contributed by atoms with E-state index in [-0.39, 0.29) is 17.9 Å². The van der Waals surface area contributed by atoms with Crippen LogP contribution in [0.1, 0.15) is 32.3 Å². The molecule has 2 saturated heterocycles. The molecule has 1 N–H and O–H groups in total. The number of amides is 2. The van der Waals surface area contributed by atoms with Gasteiger partial charge < -0.3 is 19.8 Å². The summed E-state index contributed by atoms with van der Waals surface area (Å²) in [6.45, 7) is 8.23. The lowest BCUT2D eigenvalue weighted by Crippen LogP contribution is -2.57. The molecule has 2 amide bonds. The molecule has 3 rings (SSSR count). The Morgan fingerprint density at radius 1 is 1.16 bits per heavy atom. The van der Waals surface area contributed by atoms with E-state index in [4.69, 9.17) is 23.2 Å². The summed E-state index contributed by atoms with van der Waals surface area (Å²) < 4.78 is 0. The van der Waals surface area contributed by atoms with Crippen LogP contribution in [0.15, 0.2) is 24.3 Å². The third-order valence-electron chi connectivity index (χ3n) is 6.01. The van der Waals surface area contributed by atoms with E-state index in [9.17, 15) is 14.7 Å². The summed E-state index contributed by atoms with van der Waals surface area (Å²) in [4.78, 5) is 31.2. The maximum atomic E-state index is 12.8. The molecule has 1 aromatic rings. The maximum absolute atomic E-state index is 12.8. The fraction of sp³-hybridized carbons (Fsp3) is 0.565. The molecule has 0 radical (unpaired) electrons. The van der Waals surface area contributed by atoms with Gasteiger partial charge in [-0.3, -0.25) is 9.59 Å². The normalized spacial score (nSPS) is 25.5. The van der Waals surface area contributed by atoms with Crippen molar-refractivity contribution in [3.05, 3.63) is 39.9 Å². The number of likely N-dealkylation sites (tertiary alicyclic amines) is 1. The van der Waals surface area contributed by atoms with Gasteiger partial charge in [-0.15, -0.1) is 0 Å². The second kappa shape index (κ2) is 10.8. The fourth-order valence-electron chi connectivity index (χ4n) is 4.43. The van der Waals surface area contributed by atoms with Crippen LogP contribution in [0.4, 0.5) is 0 Å². The van der Waals surface area contributed by atoms with Crippen LogP contribution >= 0.6 is 23.2 Å². The zero-order valence-electron chi connectivity index (χ0n) is 18.1. The van der Waals surface area contributed by atoms with Crippen LogP contribution in [0.5, 0.6) is 0 Å². The van der Waals surface area contributed by atoms with E-state index in [1.54, 1.807) is 36.1 Å². The Morgan fingerprint density at radius 2 is 1.94 bits per heavy atom. The van der Waals surface area contributed by atoms with E-state index in [0.717, 1.165) is 31.5 Å². The summed E-state index contributed by atoms with van der Waals surface area (Å²) in [7, 11) is 0. The van der Waals surface area contributed by atoms with Gasteiger partial charge in [0.05, 0.1) is 16.1 Å². The van der Waals surface area contributed by atoms with Crippen molar-refractivity contribution in [3.8, 4) is 0 Å². The average molecular weight is 468 g/mol. The van der Waals surface area contributed by atoms with Gasteiger partial charge in [-0.25, -0.2) is 0 Å². The first kappa shape index (κ1) is 24.1. The Hall–Kier alpha value is -1.60. The van der Waals surface area contributed by atoms with Gasteiger partial charge in [0.1, 0.15) is 6.04 Å². The minimum Gasteiger partial charge on any atom is -0.392 e. The highest BCUT2D eigenvalue weighted by Crippen LogP contribution is 2.23. The number of halogens is 2. The van der Waals surface area contributed by atoms with Crippen molar-refractivity contribution in [2.75, 3.05) is 39.3 Å². The molecule has 0 saturated carbocycles. The molecule has 0 aliphatic carbocycles. The predicted molar refractivity (Wildman–Crippen MR) is 124 cm³/mol. The molecule has 0 spiro atoms. The van der Waals surface area contributed by atoms with Crippen molar-refractivity contribution in [2.24, 2.45) is 5.92 Å². The van der Waals surface area contributed by atoms with Crippen molar-refractivity contribution in [2.45, 2.75) is 38.8 Å². The maximum Gasteiger partial charge on any atom is 0.247 e. The second-order valence-corrected chi connectivity index (χ2v) is 9.46. The molecule has 0 bridgehead atoms. The molecule has 0 aromatic heterocycles. The van der Waals surface area contributed by atoms with Gasteiger partial charge in [0, 0.05) is 38.8 Å². The molecular formula is C23H31Cl2N3O3. The van der Waals surface area contributed by atoms with Crippen molar-refractivity contribution in [1.29, 1.82) is 0 Å². The number of hydrogen-bond donors (Lipinski definition) is 1. The van der Waals surface area contributed by atoms with Crippen molar-refractivity contribution < 1.29 is 14.7 Å². The van der Waals surface area contributed by atoms with Crippen LogP contribution in [0.25, 0.3) is 6.08 Å². The first-order valence-corrected chi connectivity index (χ1v) is 11.6. The van der Waals surface area contributed by atoms with Gasteiger partial charge in [-0.1, -0.05) is 36.2 Å². The first-order valence-electron chi connectivity index (χ1n) is 10.9. The molecule has 2 aliphatic heterocycles. The van der Waals surface area contributed by atoms with Gasteiger partial charge in [0.2, 0.25) is 11.8 Å². The minimum atomic E-state index is -0.489. The van der Waals surface area contributed by atoms with Gasteiger partial charge in [-0.2, -0.15) is 0 Å². The summed E-state index contributed by atoms with van der Waals surface area (Å²) in [5.41, 5.74) is 0.775. The second-order valence-electron chi connectivity index (χ2n) is 8.65. The lowest BCUT2D eigenvalue weighted by atomic mass is 9.98. The van der Waals surface area contributed by atoms with Crippen LogP contribution in [-0.2, 0) is 9.59 Å². The van der Waals surface area contributed by atoms with Gasteiger partial charge in [-0.05, 0) is 56.0 Å². The number of piperidine rings is 1. The number of aliphatic hydroxyl groups is 1. The van der Waals surface area contributed by atoms with E-state index in [0.29, 0.717) is 42.1 Å². The van der Waals surface area contributed by atoms with E-state index < -0.39 is 6.04 Å². The van der Waals surface area contributed by atoms with Crippen LogP contribution in [-0.4, -0.2) is 83.0 Å². The Kier molecular flexibility index (Phi) is 8.39. The minimum absolute atomic E-state index is 0.0189. The standard InChI is InChI=1S/C23H31Cl2N3O3/c1-16-12-19(29)15-26(14-16)8-3-9-27-10-11-28(17(2)23(27)31)22(30)7-5-18-4-6-20(24)21(25)13-18/h4-7,13,16-17,19,29H,3,8-12,14-15H2,1-2H3/t16-,17?,19-/m0/s1. The third kappa shape index (κ3) is 6.45. The van der Waals surface area contributed by atoms with Gasteiger partial charge >= 0.3 is 0 Å². The Labute approximate surface area is 194 Å². The number of carbonyl (C=O) groups excluding carboxylic acids is 2. The van der Waals surface area contributed by atoms with Crippen molar-refractivity contribution in [3.63, 3.8) is 0 Å². The highest BCUT2D eigenvalue weighted by molar-refractivity contribution is 6.42. The zero-order valence-corrected chi connectivity index (χ0v) is 19.6. The summed E-state index contributed by atoms with van der Waals surface area (Å²) in [5.74, 6) is 0.286. The number of β-amino-alcohol motifs (C(OH)–C–C–N with tert-alkyl or cyclic N) is 1. The topological polar surface area (TPSA) is 64.1 Å². The highest BCUT2D eigenvalue weighted by Gasteiger charge is 2.33. The molecule has 31 heavy (non-hydrogen) atoms. The number of benzene rings is 1. The number of carbonyl (C=O) groups is 2. The predicted octanol–water partition coefficient (Wildman–Crippen LogP) is 3.16. The summed E-state index contributed by atoms with van der Waals surface area (Å²) in [6, 6.07) is 4.68. The Morgan fingerprint density at radius 3 is 2.65 bits per heavy atom. The quantitative estimate of drug-likeness (QED) is 0.652.